The van der Waals surface area contributed by atoms with E-state index < -0.39 is 0 Å². The van der Waals surface area contributed by atoms with Gasteiger partial charge < -0.3 is 15.0 Å². The van der Waals surface area contributed by atoms with Crippen LogP contribution in [0.1, 0.15) is 56.7 Å². The van der Waals surface area contributed by atoms with Gasteiger partial charge >= 0.3 is 0 Å². The molecule has 7 nitrogen and oxygen atoms in total. The Hall–Kier alpha value is -1.63. The Labute approximate surface area is 148 Å². The SMILES string of the molecule is O=C1CC(c2nnc(N3CC[C@@H]4CC[C@@H]43)n2CC2CCCCO2)CN1. The Morgan fingerprint density at radius 3 is 2.80 bits per heavy atom. The highest BCUT2D eigenvalue weighted by Crippen LogP contribution is 2.42. The van der Waals surface area contributed by atoms with Crippen LogP contribution in [0, 0.1) is 5.92 Å². The van der Waals surface area contributed by atoms with Gasteiger partial charge in [-0.05, 0) is 44.4 Å². The molecule has 0 aromatic carbocycles. The Bertz CT molecular complexity index is 654. The van der Waals surface area contributed by atoms with E-state index in [0.717, 1.165) is 50.2 Å². The maximum Gasteiger partial charge on any atom is 0.227 e. The molecule has 0 bridgehead atoms. The quantitative estimate of drug-likeness (QED) is 0.894. The van der Waals surface area contributed by atoms with Crippen LogP contribution in [-0.4, -0.2) is 52.5 Å². The minimum absolute atomic E-state index is 0.121. The number of rotatable bonds is 4. The molecule has 1 N–H and O–H groups in total. The Balaban J connectivity index is 1.45. The van der Waals surface area contributed by atoms with Gasteiger partial charge in [-0.15, -0.1) is 10.2 Å². The zero-order chi connectivity index (χ0) is 16.8. The Morgan fingerprint density at radius 2 is 2.12 bits per heavy atom. The summed E-state index contributed by atoms with van der Waals surface area (Å²) in [5, 5.41) is 12.1. The van der Waals surface area contributed by atoms with Gasteiger partial charge in [0.15, 0.2) is 0 Å². The van der Waals surface area contributed by atoms with Crippen LogP contribution in [0.3, 0.4) is 0 Å². The van der Waals surface area contributed by atoms with Gasteiger partial charge in [-0.2, -0.15) is 0 Å². The number of carbonyl (C=O) groups is 1. The molecule has 1 aliphatic carbocycles. The third-order valence-corrected chi connectivity index (χ3v) is 6.54. The van der Waals surface area contributed by atoms with Gasteiger partial charge in [0.1, 0.15) is 5.82 Å². The summed E-state index contributed by atoms with van der Waals surface area (Å²) in [5.41, 5.74) is 0. The van der Waals surface area contributed by atoms with E-state index >= 15 is 0 Å². The molecule has 0 radical (unpaired) electrons. The molecule has 2 unspecified atom stereocenters. The predicted octanol–water partition coefficient (Wildman–Crippen LogP) is 1.44. The monoisotopic (exact) mass is 345 g/mol. The number of hydrogen-bond acceptors (Lipinski definition) is 5. The van der Waals surface area contributed by atoms with Gasteiger partial charge in [-0.25, -0.2) is 0 Å². The molecule has 1 aromatic heterocycles. The fourth-order valence-corrected chi connectivity index (χ4v) is 4.96. The molecular formula is C18H27N5O2. The zero-order valence-electron chi connectivity index (χ0n) is 14.7. The molecular weight excluding hydrogens is 318 g/mol. The second kappa shape index (κ2) is 6.27. The summed E-state index contributed by atoms with van der Waals surface area (Å²) in [5.74, 6) is 3.07. The van der Waals surface area contributed by atoms with Gasteiger partial charge in [0.2, 0.25) is 11.9 Å². The van der Waals surface area contributed by atoms with E-state index in [2.05, 4.69) is 25.0 Å². The van der Waals surface area contributed by atoms with Crippen molar-refractivity contribution in [3.63, 3.8) is 0 Å². The molecule has 0 spiro atoms. The number of carbonyl (C=O) groups excluding carboxylic acids is 1. The number of ether oxygens (including phenoxy) is 1. The largest absolute Gasteiger partial charge is 0.376 e. The molecule has 25 heavy (non-hydrogen) atoms. The van der Waals surface area contributed by atoms with Crippen LogP contribution in [-0.2, 0) is 16.1 Å². The summed E-state index contributed by atoms with van der Waals surface area (Å²) in [4.78, 5) is 14.2. The average Bonchev–Trinajstić information content (AvgIpc) is 3.26. The minimum Gasteiger partial charge on any atom is -0.376 e. The Kier molecular flexibility index (Phi) is 3.91. The van der Waals surface area contributed by atoms with E-state index in [1.807, 2.05) is 0 Å². The molecule has 136 valence electrons. The molecule has 7 heteroatoms. The summed E-state index contributed by atoms with van der Waals surface area (Å²) in [7, 11) is 0. The average molecular weight is 345 g/mol. The van der Waals surface area contributed by atoms with Gasteiger partial charge in [-0.3, -0.25) is 9.36 Å². The van der Waals surface area contributed by atoms with Crippen LogP contribution in [0.5, 0.6) is 0 Å². The van der Waals surface area contributed by atoms with E-state index in [1.54, 1.807) is 0 Å². The molecule has 3 aliphatic heterocycles. The summed E-state index contributed by atoms with van der Waals surface area (Å²) in [6, 6.07) is 0.645. The second-order valence-corrected chi connectivity index (χ2v) is 8.05. The summed E-state index contributed by atoms with van der Waals surface area (Å²) in [6.45, 7) is 3.43. The minimum atomic E-state index is 0.121. The van der Waals surface area contributed by atoms with E-state index in [1.165, 1.54) is 25.7 Å². The lowest BCUT2D eigenvalue weighted by molar-refractivity contribution is -0.119. The molecule has 1 aromatic rings. The standard InChI is InChI=1S/C18H27N5O2/c24-16-9-13(10-19-16)17-20-21-18(22-7-6-12-4-5-15(12)22)23(17)11-14-3-1-2-8-25-14/h12-15H,1-11H2,(H,19,24)/t12-,13?,14?,15-/m0/s1. The van der Waals surface area contributed by atoms with Crippen molar-refractivity contribution in [1.29, 1.82) is 0 Å². The highest BCUT2D eigenvalue weighted by atomic mass is 16.5. The lowest BCUT2D eigenvalue weighted by atomic mass is 9.80. The fourth-order valence-electron chi connectivity index (χ4n) is 4.96. The van der Waals surface area contributed by atoms with Gasteiger partial charge in [0, 0.05) is 38.1 Å². The van der Waals surface area contributed by atoms with Crippen molar-refractivity contribution < 1.29 is 9.53 Å². The second-order valence-electron chi connectivity index (χ2n) is 8.05. The van der Waals surface area contributed by atoms with Crippen molar-refractivity contribution >= 4 is 11.9 Å². The highest BCUT2D eigenvalue weighted by molar-refractivity contribution is 5.79. The van der Waals surface area contributed by atoms with Crippen molar-refractivity contribution in [2.75, 3.05) is 24.6 Å². The number of amides is 1. The summed E-state index contributed by atoms with van der Waals surface area (Å²) < 4.78 is 8.27. The number of nitrogens with one attached hydrogen (secondary N) is 1. The molecule has 1 amide bonds. The Morgan fingerprint density at radius 1 is 1.16 bits per heavy atom. The molecule has 3 saturated heterocycles. The third kappa shape index (κ3) is 2.72. The van der Waals surface area contributed by atoms with Crippen molar-refractivity contribution in [1.82, 2.24) is 20.1 Å². The van der Waals surface area contributed by atoms with E-state index in [-0.39, 0.29) is 17.9 Å². The van der Waals surface area contributed by atoms with Gasteiger partial charge in [0.05, 0.1) is 12.6 Å². The lowest BCUT2D eigenvalue weighted by Crippen LogP contribution is -2.41. The zero-order valence-corrected chi connectivity index (χ0v) is 14.7. The van der Waals surface area contributed by atoms with E-state index in [4.69, 9.17) is 4.74 Å². The fraction of sp³-hybridized carbons (Fsp3) is 0.833. The van der Waals surface area contributed by atoms with Crippen LogP contribution in [0.2, 0.25) is 0 Å². The van der Waals surface area contributed by atoms with Crippen LogP contribution >= 0.6 is 0 Å². The topological polar surface area (TPSA) is 72.3 Å². The first kappa shape index (κ1) is 15.6. The molecule has 4 aliphatic rings. The molecule has 4 fully saturated rings. The molecule has 5 rings (SSSR count). The first-order chi connectivity index (χ1) is 12.3. The van der Waals surface area contributed by atoms with Gasteiger partial charge in [-0.1, -0.05) is 0 Å². The van der Waals surface area contributed by atoms with Crippen molar-refractivity contribution in [3.05, 3.63) is 5.82 Å². The number of fused-ring (bicyclic) bond motifs is 1. The van der Waals surface area contributed by atoms with Crippen molar-refractivity contribution in [2.24, 2.45) is 5.92 Å². The van der Waals surface area contributed by atoms with E-state index in [0.29, 0.717) is 19.0 Å². The number of hydrogen-bond donors (Lipinski definition) is 1. The maximum absolute atomic E-state index is 11.7. The first-order valence-electron chi connectivity index (χ1n) is 9.87. The first-order valence-corrected chi connectivity index (χ1v) is 9.87. The number of anilines is 1. The third-order valence-electron chi connectivity index (χ3n) is 6.54. The highest BCUT2D eigenvalue weighted by Gasteiger charge is 2.43. The number of nitrogens with zero attached hydrogens (tertiary/aromatic N) is 4. The maximum atomic E-state index is 11.7. The lowest BCUT2D eigenvalue weighted by Gasteiger charge is -2.37. The number of aromatic nitrogens is 3. The molecule has 1 saturated carbocycles. The van der Waals surface area contributed by atoms with E-state index in [9.17, 15) is 4.79 Å². The van der Waals surface area contributed by atoms with Crippen LogP contribution in [0.15, 0.2) is 0 Å². The van der Waals surface area contributed by atoms with Gasteiger partial charge in [0.25, 0.3) is 0 Å². The van der Waals surface area contributed by atoms with Crippen LogP contribution < -0.4 is 10.2 Å². The smallest absolute Gasteiger partial charge is 0.227 e. The molecule has 4 atom stereocenters. The van der Waals surface area contributed by atoms with Crippen LogP contribution in [0.25, 0.3) is 0 Å². The normalized spacial score (nSPS) is 34.7. The van der Waals surface area contributed by atoms with Crippen LogP contribution in [0.4, 0.5) is 5.95 Å². The summed E-state index contributed by atoms with van der Waals surface area (Å²) >= 11 is 0. The predicted molar refractivity (Wildman–Crippen MR) is 92.5 cm³/mol. The summed E-state index contributed by atoms with van der Waals surface area (Å²) in [6.07, 6.45) is 8.17. The van der Waals surface area contributed by atoms with Crippen molar-refractivity contribution in [2.45, 2.75) is 69.6 Å². The van der Waals surface area contributed by atoms with Crippen molar-refractivity contribution in [3.8, 4) is 0 Å². The molecule has 4 heterocycles.